The van der Waals surface area contributed by atoms with Gasteiger partial charge >= 0.3 is 7.12 Å². The molecule has 126 valence electrons. The van der Waals surface area contributed by atoms with Gasteiger partial charge in [0, 0.05) is 0 Å². The Hall–Kier alpha value is -1.78. The molecule has 0 N–H and O–H groups in total. The molecule has 24 heavy (non-hydrogen) atoms. The molecule has 1 aliphatic heterocycles. The minimum atomic E-state index is -0.337. The van der Waals surface area contributed by atoms with Gasteiger partial charge in [-0.25, -0.2) is 0 Å². The molecule has 0 spiro atoms. The summed E-state index contributed by atoms with van der Waals surface area (Å²) in [5, 5.41) is 0. The number of rotatable bonds is 4. The van der Waals surface area contributed by atoms with E-state index in [-0.39, 0.29) is 24.4 Å². The summed E-state index contributed by atoms with van der Waals surface area (Å²) in [5.74, 6) is 0.839. The second-order valence-electron chi connectivity index (χ2n) is 7.33. The van der Waals surface area contributed by atoms with Gasteiger partial charge in [-0.15, -0.1) is 0 Å². The second-order valence-corrected chi connectivity index (χ2v) is 7.33. The average Bonchev–Trinajstić information content (AvgIpc) is 2.77. The monoisotopic (exact) mass is 324 g/mol. The van der Waals surface area contributed by atoms with E-state index >= 15 is 0 Å². The highest BCUT2D eigenvalue weighted by Crippen LogP contribution is 2.36. The molecule has 1 atom stereocenters. The summed E-state index contributed by atoms with van der Waals surface area (Å²) in [6.07, 6.45) is 0.00824. The van der Waals surface area contributed by atoms with E-state index in [4.69, 9.17) is 14.0 Å². The Morgan fingerprint density at radius 3 is 1.92 bits per heavy atom. The Labute approximate surface area is 145 Å². The lowest BCUT2D eigenvalue weighted by Gasteiger charge is -2.32. The third-order valence-electron chi connectivity index (χ3n) is 4.99. The largest absolute Gasteiger partial charge is 0.494 e. The maximum Gasteiger partial charge on any atom is 0.494 e. The Morgan fingerprint density at radius 1 is 0.833 bits per heavy atom. The van der Waals surface area contributed by atoms with Crippen molar-refractivity contribution in [2.24, 2.45) is 0 Å². The van der Waals surface area contributed by atoms with Gasteiger partial charge in [-0.2, -0.15) is 0 Å². The number of hydrogen-bond donors (Lipinski definition) is 0. The Kier molecular flexibility index (Phi) is 4.45. The third kappa shape index (κ3) is 3.35. The highest BCUT2D eigenvalue weighted by atomic mass is 16.7. The molecule has 0 saturated carbocycles. The molecule has 0 unspecified atom stereocenters. The SMILES string of the molecule is C[C@H](Oc1ccc(B2OC(C)(C)C(C)(C)O2)cc1)c1ccccc1. The maximum atomic E-state index is 6.08. The van der Waals surface area contributed by atoms with Gasteiger partial charge < -0.3 is 14.0 Å². The molecule has 2 aromatic carbocycles. The zero-order valence-corrected chi connectivity index (χ0v) is 15.1. The summed E-state index contributed by atoms with van der Waals surface area (Å²) in [4.78, 5) is 0. The van der Waals surface area contributed by atoms with Crippen molar-refractivity contribution in [2.75, 3.05) is 0 Å². The van der Waals surface area contributed by atoms with E-state index in [1.54, 1.807) is 0 Å². The molecule has 3 rings (SSSR count). The average molecular weight is 324 g/mol. The van der Waals surface area contributed by atoms with Crippen molar-refractivity contribution in [1.82, 2.24) is 0 Å². The quantitative estimate of drug-likeness (QED) is 0.792. The third-order valence-corrected chi connectivity index (χ3v) is 4.99. The predicted octanol–water partition coefficient (Wildman–Crippen LogP) is 4.13. The summed E-state index contributed by atoms with van der Waals surface area (Å²) >= 11 is 0. The Bertz CT molecular complexity index is 664. The molecule has 0 radical (unpaired) electrons. The van der Waals surface area contributed by atoms with Crippen molar-refractivity contribution >= 4 is 12.6 Å². The molecule has 1 aliphatic rings. The Balaban J connectivity index is 1.68. The van der Waals surface area contributed by atoms with E-state index in [9.17, 15) is 0 Å². The summed E-state index contributed by atoms with van der Waals surface area (Å²) in [5.41, 5.74) is 1.52. The van der Waals surface area contributed by atoms with Crippen LogP contribution in [-0.4, -0.2) is 18.3 Å². The van der Waals surface area contributed by atoms with Gasteiger partial charge in [-0.05, 0) is 57.8 Å². The van der Waals surface area contributed by atoms with Crippen molar-refractivity contribution in [2.45, 2.75) is 51.9 Å². The highest BCUT2D eigenvalue weighted by molar-refractivity contribution is 6.62. The fourth-order valence-corrected chi connectivity index (χ4v) is 2.68. The van der Waals surface area contributed by atoms with Crippen LogP contribution in [0.5, 0.6) is 5.75 Å². The van der Waals surface area contributed by atoms with Crippen LogP contribution in [0.3, 0.4) is 0 Å². The topological polar surface area (TPSA) is 27.7 Å². The lowest BCUT2D eigenvalue weighted by molar-refractivity contribution is 0.00578. The van der Waals surface area contributed by atoms with Crippen molar-refractivity contribution in [3.05, 3.63) is 60.2 Å². The van der Waals surface area contributed by atoms with Crippen molar-refractivity contribution in [1.29, 1.82) is 0 Å². The number of ether oxygens (including phenoxy) is 1. The molecule has 0 bridgehead atoms. The van der Waals surface area contributed by atoms with Crippen molar-refractivity contribution in [3.8, 4) is 5.75 Å². The number of hydrogen-bond acceptors (Lipinski definition) is 3. The maximum absolute atomic E-state index is 6.08. The minimum Gasteiger partial charge on any atom is -0.486 e. The smallest absolute Gasteiger partial charge is 0.486 e. The second kappa shape index (κ2) is 6.27. The zero-order chi connectivity index (χ0) is 17.4. The lowest BCUT2D eigenvalue weighted by atomic mass is 9.79. The zero-order valence-electron chi connectivity index (χ0n) is 15.1. The standard InChI is InChI=1S/C20H25BO3/c1-15(16-9-7-6-8-10-16)22-18-13-11-17(12-14-18)21-23-19(2,3)20(4,5)24-21/h6-15H,1-5H3/t15-/m0/s1. The summed E-state index contributed by atoms with van der Waals surface area (Å²) < 4.78 is 18.2. The van der Waals surface area contributed by atoms with Crippen LogP contribution in [0.4, 0.5) is 0 Å². The van der Waals surface area contributed by atoms with Crippen molar-refractivity contribution < 1.29 is 14.0 Å². The molecule has 1 saturated heterocycles. The molecular weight excluding hydrogens is 299 g/mol. The van der Waals surface area contributed by atoms with Crippen LogP contribution in [0, 0.1) is 0 Å². The van der Waals surface area contributed by atoms with E-state index in [1.807, 2.05) is 42.5 Å². The predicted molar refractivity (Wildman–Crippen MR) is 97.6 cm³/mol. The summed E-state index contributed by atoms with van der Waals surface area (Å²) in [6.45, 7) is 10.3. The fraction of sp³-hybridized carbons (Fsp3) is 0.400. The molecule has 1 fully saturated rings. The lowest BCUT2D eigenvalue weighted by Crippen LogP contribution is -2.41. The van der Waals surface area contributed by atoms with Gasteiger partial charge in [0.2, 0.25) is 0 Å². The van der Waals surface area contributed by atoms with Gasteiger partial charge in [0.25, 0.3) is 0 Å². The molecule has 1 heterocycles. The normalized spacial score (nSPS) is 20.0. The van der Waals surface area contributed by atoms with Crippen LogP contribution >= 0.6 is 0 Å². The molecule has 0 amide bonds. The van der Waals surface area contributed by atoms with Gasteiger partial charge in [-0.3, -0.25) is 0 Å². The van der Waals surface area contributed by atoms with Gasteiger partial charge in [0.15, 0.2) is 0 Å². The first-order valence-electron chi connectivity index (χ1n) is 8.46. The van der Waals surface area contributed by atoms with Gasteiger partial charge in [0.05, 0.1) is 11.2 Å². The van der Waals surface area contributed by atoms with E-state index in [2.05, 4.69) is 46.8 Å². The van der Waals surface area contributed by atoms with Crippen LogP contribution < -0.4 is 10.2 Å². The van der Waals surface area contributed by atoms with Gasteiger partial charge in [-0.1, -0.05) is 42.5 Å². The summed E-state index contributed by atoms with van der Waals surface area (Å²) in [7, 11) is -0.337. The molecular formula is C20H25BO3. The van der Waals surface area contributed by atoms with E-state index in [1.165, 1.54) is 0 Å². The van der Waals surface area contributed by atoms with Crippen LogP contribution in [0.1, 0.15) is 46.3 Å². The van der Waals surface area contributed by atoms with Gasteiger partial charge in [0.1, 0.15) is 11.9 Å². The molecule has 0 aromatic heterocycles. The van der Waals surface area contributed by atoms with E-state index in [0.29, 0.717) is 0 Å². The first kappa shape index (κ1) is 17.1. The van der Waals surface area contributed by atoms with Crippen LogP contribution in [0.25, 0.3) is 0 Å². The minimum absolute atomic E-state index is 0.00824. The Morgan fingerprint density at radius 2 is 1.38 bits per heavy atom. The highest BCUT2D eigenvalue weighted by Gasteiger charge is 2.51. The van der Waals surface area contributed by atoms with E-state index in [0.717, 1.165) is 16.8 Å². The van der Waals surface area contributed by atoms with Crippen LogP contribution in [-0.2, 0) is 9.31 Å². The van der Waals surface area contributed by atoms with Crippen LogP contribution in [0.2, 0.25) is 0 Å². The molecule has 3 nitrogen and oxygen atoms in total. The fourth-order valence-electron chi connectivity index (χ4n) is 2.68. The summed E-state index contributed by atoms with van der Waals surface area (Å²) in [6, 6.07) is 18.2. The molecule has 0 aliphatic carbocycles. The molecule has 2 aromatic rings. The molecule has 4 heteroatoms. The van der Waals surface area contributed by atoms with Crippen molar-refractivity contribution in [3.63, 3.8) is 0 Å². The number of benzene rings is 2. The van der Waals surface area contributed by atoms with E-state index < -0.39 is 0 Å². The first-order valence-corrected chi connectivity index (χ1v) is 8.46. The van der Waals surface area contributed by atoms with Crippen LogP contribution in [0.15, 0.2) is 54.6 Å². The first-order chi connectivity index (χ1) is 11.3.